The predicted molar refractivity (Wildman–Crippen MR) is 88.4 cm³/mol. The first-order valence-corrected chi connectivity index (χ1v) is 8.05. The van der Waals surface area contributed by atoms with Gasteiger partial charge in [0.1, 0.15) is 5.75 Å². The van der Waals surface area contributed by atoms with Crippen LogP contribution in [0.3, 0.4) is 0 Å². The standard InChI is InChI=1S/C20H22O2/c1-16-10-12-18(13-11-16)22-20(14-6-3-7-15-20)19(21)17-8-4-2-5-9-17/h2,4-5,8-13H,3,6-7,14-15H2,1H3. The Labute approximate surface area is 132 Å². The molecule has 2 heteroatoms. The number of ether oxygens (including phenoxy) is 1. The maximum Gasteiger partial charge on any atom is 0.206 e. The molecule has 1 saturated carbocycles. The first kappa shape index (κ1) is 14.8. The lowest BCUT2D eigenvalue weighted by molar-refractivity contribution is 0.0268. The van der Waals surface area contributed by atoms with Crippen LogP contribution in [0.2, 0.25) is 0 Å². The molecule has 0 amide bonds. The van der Waals surface area contributed by atoms with Crippen LogP contribution in [0.1, 0.15) is 48.0 Å². The minimum Gasteiger partial charge on any atom is -0.479 e. The van der Waals surface area contributed by atoms with Gasteiger partial charge in [-0.1, -0.05) is 54.4 Å². The van der Waals surface area contributed by atoms with Gasteiger partial charge in [0.25, 0.3) is 0 Å². The van der Waals surface area contributed by atoms with E-state index in [1.165, 1.54) is 12.0 Å². The fourth-order valence-corrected chi connectivity index (χ4v) is 3.18. The summed E-state index contributed by atoms with van der Waals surface area (Å²) in [6.07, 6.45) is 4.87. The summed E-state index contributed by atoms with van der Waals surface area (Å²) >= 11 is 0. The van der Waals surface area contributed by atoms with Crippen LogP contribution in [0.25, 0.3) is 0 Å². The van der Waals surface area contributed by atoms with E-state index in [0.717, 1.165) is 37.0 Å². The lowest BCUT2D eigenvalue weighted by atomic mass is 9.79. The third-order valence-electron chi connectivity index (χ3n) is 4.45. The van der Waals surface area contributed by atoms with Crippen molar-refractivity contribution in [1.29, 1.82) is 0 Å². The Bertz CT molecular complexity index is 623. The largest absolute Gasteiger partial charge is 0.479 e. The van der Waals surface area contributed by atoms with E-state index >= 15 is 0 Å². The maximum absolute atomic E-state index is 13.1. The van der Waals surface area contributed by atoms with E-state index in [1.807, 2.05) is 54.6 Å². The summed E-state index contributed by atoms with van der Waals surface area (Å²) in [5.74, 6) is 0.908. The quantitative estimate of drug-likeness (QED) is 0.745. The van der Waals surface area contributed by atoms with E-state index in [2.05, 4.69) is 6.92 Å². The SMILES string of the molecule is Cc1ccc(OC2(C(=O)c3ccccc3)CCCCC2)cc1. The number of benzene rings is 2. The van der Waals surface area contributed by atoms with Gasteiger partial charge in [0.15, 0.2) is 5.60 Å². The van der Waals surface area contributed by atoms with Crippen molar-refractivity contribution in [1.82, 2.24) is 0 Å². The van der Waals surface area contributed by atoms with Crippen molar-refractivity contribution < 1.29 is 9.53 Å². The van der Waals surface area contributed by atoms with E-state index in [9.17, 15) is 4.79 Å². The number of hydrogen-bond donors (Lipinski definition) is 0. The smallest absolute Gasteiger partial charge is 0.206 e. The molecule has 1 fully saturated rings. The van der Waals surface area contributed by atoms with Crippen LogP contribution in [-0.2, 0) is 0 Å². The maximum atomic E-state index is 13.1. The topological polar surface area (TPSA) is 26.3 Å². The summed E-state index contributed by atoms with van der Waals surface area (Å²) < 4.78 is 6.26. The average Bonchev–Trinajstić information content (AvgIpc) is 2.58. The van der Waals surface area contributed by atoms with E-state index < -0.39 is 5.60 Å². The molecule has 0 N–H and O–H groups in total. The summed E-state index contributed by atoms with van der Waals surface area (Å²) in [5.41, 5.74) is 1.24. The number of carbonyl (C=O) groups is 1. The molecule has 1 aliphatic carbocycles. The monoisotopic (exact) mass is 294 g/mol. The van der Waals surface area contributed by atoms with E-state index in [0.29, 0.717) is 0 Å². The Balaban J connectivity index is 1.91. The first-order chi connectivity index (χ1) is 10.7. The zero-order valence-electron chi connectivity index (χ0n) is 13.0. The highest BCUT2D eigenvalue weighted by atomic mass is 16.5. The van der Waals surface area contributed by atoms with E-state index in [1.54, 1.807) is 0 Å². The van der Waals surface area contributed by atoms with Crippen LogP contribution < -0.4 is 4.74 Å². The molecule has 3 rings (SSSR count). The van der Waals surface area contributed by atoms with Gasteiger partial charge in [-0.25, -0.2) is 0 Å². The Morgan fingerprint density at radius 2 is 1.55 bits per heavy atom. The molecule has 0 spiro atoms. The number of aryl methyl sites for hydroxylation is 1. The number of ketones is 1. The van der Waals surface area contributed by atoms with Crippen molar-refractivity contribution in [2.45, 2.75) is 44.6 Å². The van der Waals surface area contributed by atoms with Gasteiger partial charge in [0.05, 0.1) is 0 Å². The van der Waals surface area contributed by atoms with Crippen LogP contribution in [0.5, 0.6) is 5.75 Å². The molecule has 22 heavy (non-hydrogen) atoms. The van der Waals surface area contributed by atoms with E-state index in [-0.39, 0.29) is 5.78 Å². The molecule has 0 saturated heterocycles. The van der Waals surface area contributed by atoms with Crippen molar-refractivity contribution in [3.63, 3.8) is 0 Å². The van der Waals surface area contributed by atoms with Gasteiger partial charge in [-0.15, -0.1) is 0 Å². The van der Waals surface area contributed by atoms with Gasteiger partial charge in [-0.3, -0.25) is 4.79 Å². The van der Waals surface area contributed by atoms with E-state index in [4.69, 9.17) is 4.74 Å². The number of carbonyl (C=O) groups excluding carboxylic acids is 1. The molecule has 0 aromatic heterocycles. The normalized spacial score (nSPS) is 17.0. The minimum atomic E-state index is -0.700. The van der Waals surface area contributed by atoms with Gasteiger partial charge in [0, 0.05) is 5.56 Å². The van der Waals surface area contributed by atoms with Crippen molar-refractivity contribution in [3.05, 3.63) is 65.7 Å². The molecule has 0 bridgehead atoms. The number of rotatable bonds is 4. The van der Waals surface area contributed by atoms with Crippen LogP contribution in [0.15, 0.2) is 54.6 Å². The fourth-order valence-electron chi connectivity index (χ4n) is 3.18. The molecular weight excluding hydrogens is 272 g/mol. The van der Waals surface area contributed by atoms with Gasteiger partial charge in [0.2, 0.25) is 5.78 Å². The highest BCUT2D eigenvalue weighted by molar-refractivity contribution is 6.02. The summed E-state index contributed by atoms with van der Waals surface area (Å²) in [5, 5.41) is 0. The van der Waals surface area contributed by atoms with Gasteiger partial charge in [-0.2, -0.15) is 0 Å². The molecule has 0 atom stereocenters. The average molecular weight is 294 g/mol. The van der Waals surface area contributed by atoms with Crippen molar-refractivity contribution in [2.24, 2.45) is 0 Å². The lowest BCUT2D eigenvalue weighted by Crippen LogP contribution is -2.46. The highest BCUT2D eigenvalue weighted by Gasteiger charge is 2.42. The van der Waals surface area contributed by atoms with Crippen molar-refractivity contribution >= 4 is 5.78 Å². The van der Waals surface area contributed by atoms with Crippen molar-refractivity contribution in [2.75, 3.05) is 0 Å². The minimum absolute atomic E-state index is 0.119. The number of hydrogen-bond acceptors (Lipinski definition) is 2. The summed E-state index contributed by atoms with van der Waals surface area (Å²) in [7, 11) is 0. The molecule has 2 nitrogen and oxygen atoms in total. The summed E-state index contributed by atoms with van der Waals surface area (Å²) in [4.78, 5) is 13.1. The van der Waals surface area contributed by atoms with Gasteiger partial charge >= 0.3 is 0 Å². The summed E-state index contributed by atoms with van der Waals surface area (Å²) in [6.45, 7) is 2.05. The lowest BCUT2D eigenvalue weighted by Gasteiger charge is -2.36. The first-order valence-electron chi connectivity index (χ1n) is 8.05. The van der Waals surface area contributed by atoms with Gasteiger partial charge < -0.3 is 4.74 Å². The Morgan fingerprint density at radius 1 is 0.909 bits per heavy atom. The van der Waals surface area contributed by atoms with Crippen LogP contribution in [0, 0.1) is 6.92 Å². The van der Waals surface area contributed by atoms with Crippen LogP contribution in [0.4, 0.5) is 0 Å². The molecular formula is C20H22O2. The second-order valence-electron chi connectivity index (χ2n) is 6.17. The second-order valence-corrected chi connectivity index (χ2v) is 6.17. The third-order valence-corrected chi connectivity index (χ3v) is 4.45. The molecule has 0 aliphatic heterocycles. The zero-order chi connectivity index (χ0) is 15.4. The Morgan fingerprint density at radius 3 is 2.18 bits per heavy atom. The Hall–Kier alpha value is -2.09. The molecule has 0 radical (unpaired) electrons. The van der Waals surface area contributed by atoms with Gasteiger partial charge in [-0.05, 0) is 44.7 Å². The Kier molecular flexibility index (Phi) is 4.28. The predicted octanol–water partition coefficient (Wildman–Crippen LogP) is 4.96. The zero-order valence-corrected chi connectivity index (χ0v) is 13.0. The number of Topliss-reactive ketones (excluding diaryl/α,β-unsaturated/α-hetero) is 1. The molecule has 1 aliphatic rings. The third kappa shape index (κ3) is 3.06. The van der Waals surface area contributed by atoms with Crippen LogP contribution >= 0.6 is 0 Å². The molecule has 2 aromatic carbocycles. The highest BCUT2D eigenvalue weighted by Crippen LogP contribution is 2.36. The molecule has 0 heterocycles. The molecule has 0 unspecified atom stereocenters. The fraction of sp³-hybridized carbons (Fsp3) is 0.350. The molecule has 2 aromatic rings. The second kappa shape index (κ2) is 6.35. The summed E-state index contributed by atoms with van der Waals surface area (Å²) in [6, 6.07) is 17.5. The van der Waals surface area contributed by atoms with Crippen LogP contribution in [-0.4, -0.2) is 11.4 Å². The molecule has 114 valence electrons. The van der Waals surface area contributed by atoms with Crippen molar-refractivity contribution in [3.8, 4) is 5.75 Å².